The summed E-state index contributed by atoms with van der Waals surface area (Å²) in [5.74, 6) is 0. The highest BCUT2D eigenvalue weighted by atomic mass is 16.7. The van der Waals surface area contributed by atoms with Crippen LogP contribution in [0.25, 0.3) is 0 Å². The highest BCUT2D eigenvalue weighted by molar-refractivity contribution is 5.41. The lowest BCUT2D eigenvalue weighted by molar-refractivity contribution is -0.386. The molecule has 0 amide bonds. The van der Waals surface area contributed by atoms with E-state index in [-0.39, 0.29) is 18.6 Å². The number of rotatable bonds is 2. The van der Waals surface area contributed by atoms with Crippen molar-refractivity contribution in [2.24, 2.45) is 0 Å². The first-order valence-corrected chi connectivity index (χ1v) is 4.21. The molecule has 1 fully saturated rings. The fourth-order valence-electron chi connectivity index (χ4n) is 1.44. The molecular formula is C9H9NO4. The number of nitrogens with zero attached hydrogens (tertiary/aromatic N) is 1. The van der Waals surface area contributed by atoms with Gasteiger partial charge in [0.2, 0.25) is 0 Å². The molecule has 2 rings (SSSR count). The van der Waals surface area contributed by atoms with Crippen LogP contribution in [0.1, 0.15) is 11.7 Å². The number of benzene rings is 1. The molecule has 5 heteroatoms. The van der Waals surface area contributed by atoms with E-state index in [1.54, 1.807) is 18.2 Å². The van der Waals surface area contributed by atoms with Gasteiger partial charge in [0.15, 0.2) is 0 Å². The third kappa shape index (κ3) is 1.59. The Bertz CT molecular complexity index is 346. The smallest absolute Gasteiger partial charge is 0.275 e. The van der Waals surface area contributed by atoms with Crippen molar-refractivity contribution >= 4 is 5.69 Å². The van der Waals surface area contributed by atoms with Crippen molar-refractivity contribution in [3.8, 4) is 0 Å². The predicted octanol–water partition coefficient (Wildman–Crippen LogP) is 1.64. The van der Waals surface area contributed by atoms with Crippen LogP contribution in [0, 0.1) is 10.1 Å². The van der Waals surface area contributed by atoms with E-state index in [4.69, 9.17) is 9.47 Å². The zero-order chi connectivity index (χ0) is 9.97. The Hall–Kier alpha value is -1.46. The molecule has 0 saturated carbocycles. The van der Waals surface area contributed by atoms with E-state index in [0.29, 0.717) is 12.2 Å². The highest BCUT2D eigenvalue weighted by Gasteiger charge is 2.25. The third-order valence-corrected chi connectivity index (χ3v) is 2.10. The molecule has 1 aliphatic heterocycles. The molecule has 1 heterocycles. The van der Waals surface area contributed by atoms with Gasteiger partial charge in [0.1, 0.15) is 12.9 Å². The number of ether oxygens (including phenoxy) is 2. The second-order valence-corrected chi connectivity index (χ2v) is 2.96. The Labute approximate surface area is 80.4 Å². The van der Waals surface area contributed by atoms with Crippen molar-refractivity contribution in [1.82, 2.24) is 0 Å². The van der Waals surface area contributed by atoms with E-state index >= 15 is 0 Å². The summed E-state index contributed by atoms with van der Waals surface area (Å²) < 4.78 is 10.2. The molecule has 1 unspecified atom stereocenters. The summed E-state index contributed by atoms with van der Waals surface area (Å²) >= 11 is 0. The SMILES string of the molecule is O=[N+]([O-])c1ccccc1C1COCO1. The van der Waals surface area contributed by atoms with Gasteiger partial charge in [0.05, 0.1) is 17.1 Å². The van der Waals surface area contributed by atoms with Crippen LogP contribution in [0.2, 0.25) is 0 Å². The molecular weight excluding hydrogens is 186 g/mol. The maximum Gasteiger partial charge on any atom is 0.275 e. The van der Waals surface area contributed by atoms with E-state index in [1.165, 1.54) is 6.07 Å². The van der Waals surface area contributed by atoms with Crippen molar-refractivity contribution in [1.29, 1.82) is 0 Å². The van der Waals surface area contributed by atoms with Crippen molar-refractivity contribution in [2.75, 3.05) is 13.4 Å². The van der Waals surface area contributed by atoms with Crippen molar-refractivity contribution < 1.29 is 14.4 Å². The molecule has 0 spiro atoms. The lowest BCUT2D eigenvalue weighted by atomic mass is 10.1. The van der Waals surface area contributed by atoms with E-state index < -0.39 is 4.92 Å². The van der Waals surface area contributed by atoms with Gasteiger partial charge in [0.25, 0.3) is 5.69 Å². The summed E-state index contributed by atoms with van der Waals surface area (Å²) in [5, 5.41) is 10.7. The molecule has 1 aromatic carbocycles. The Morgan fingerprint density at radius 3 is 2.86 bits per heavy atom. The van der Waals surface area contributed by atoms with Crippen LogP contribution in [0.5, 0.6) is 0 Å². The number of nitro groups is 1. The fraction of sp³-hybridized carbons (Fsp3) is 0.333. The quantitative estimate of drug-likeness (QED) is 0.531. The third-order valence-electron chi connectivity index (χ3n) is 2.10. The number of hydrogen-bond acceptors (Lipinski definition) is 4. The zero-order valence-electron chi connectivity index (χ0n) is 7.38. The lowest BCUT2D eigenvalue weighted by Gasteiger charge is -2.07. The Morgan fingerprint density at radius 2 is 2.21 bits per heavy atom. The van der Waals surface area contributed by atoms with Gasteiger partial charge in [-0.15, -0.1) is 0 Å². The van der Waals surface area contributed by atoms with Crippen LogP contribution in [0.4, 0.5) is 5.69 Å². The molecule has 0 aromatic heterocycles. The van der Waals surface area contributed by atoms with E-state index in [2.05, 4.69) is 0 Å². The van der Waals surface area contributed by atoms with Crippen molar-refractivity contribution in [3.63, 3.8) is 0 Å². The number of nitro benzene ring substituents is 1. The van der Waals surface area contributed by atoms with Crippen LogP contribution in [-0.2, 0) is 9.47 Å². The first-order chi connectivity index (χ1) is 6.79. The predicted molar refractivity (Wildman–Crippen MR) is 47.7 cm³/mol. The van der Waals surface area contributed by atoms with E-state index in [1.807, 2.05) is 0 Å². The minimum atomic E-state index is -0.406. The maximum atomic E-state index is 10.7. The van der Waals surface area contributed by atoms with Crippen LogP contribution >= 0.6 is 0 Å². The molecule has 1 aliphatic rings. The van der Waals surface area contributed by atoms with Crippen LogP contribution in [-0.4, -0.2) is 18.3 Å². The summed E-state index contributed by atoms with van der Waals surface area (Å²) in [4.78, 5) is 10.3. The molecule has 1 aromatic rings. The molecule has 1 saturated heterocycles. The minimum absolute atomic E-state index is 0.0861. The summed E-state index contributed by atoms with van der Waals surface area (Å²) in [7, 11) is 0. The molecule has 5 nitrogen and oxygen atoms in total. The van der Waals surface area contributed by atoms with Gasteiger partial charge < -0.3 is 9.47 Å². The van der Waals surface area contributed by atoms with Gasteiger partial charge in [-0.2, -0.15) is 0 Å². The first-order valence-electron chi connectivity index (χ1n) is 4.21. The summed E-state index contributed by atoms with van der Waals surface area (Å²) in [6.07, 6.45) is -0.309. The molecule has 0 N–H and O–H groups in total. The van der Waals surface area contributed by atoms with Crippen LogP contribution in [0.3, 0.4) is 0 Å². The summed E-state index contributed by atoms with van der Waals surface area (Å²) in [5.41, 5.74) is 0.665. The van der Waals surface area contributed by atoms with Gasteiger partial charge in [-0.1, -0.05) is 12.1 Å². The van der Waals surface area contributed by atoms with Crippen LogP contribution in [0.15, 0.2) is 24.3 Å². The zero-order valence-corrected chi connectivity index (χ0v) is 7.38. The topological polar surface area (TPSA) is 61.6 Å². The van der Waals surface area contributed by atoms with Crippen molar-refractivity contribution in [3.05, 3.63) is 39.9 Å². The molecule has 0 aliphatic carbocycles. The minimum Gasteiger partial charge on any atom is -0.352 e. The average molecular weight is 195 g/mol. The lowest BCUT2D eigenvalue weighted by Crippen LogP contribution is -2.03. The van der Waals surface area contributed by atoms with E-state index in [0.717, 1.165) is 0 Å². The van der Waals surface area contributed by atoms with Gasteiger partial charge in [-0.3, -0.25) is 10.1 Å². The van der Waals surface area contributed by atoms with Gasteiger partial charge in [0, 0.05) is 6.07 Å². The Morgan fingerprint density at radius 1 is 1.43 bits per heavy atom. The van der Waals surface area contributed by atoms with E-state index in [9.17, 15) is 10.1 Å². The first kappa shape index (κ1) is 9.11. The second kappa shape index (κ2) is 3.73. The summed E-state index contributed by atoms with van der Waals surface area (Å²) in [6, 6.07) is 6.55. The molecule has 14 heavy (non-hydrogen) atoms. The molecule has 1 atom stereocenters. The van der Waals surface area contributed by atoms with Gasteiger partial charge in [-0.25, -0.2) is 0 Å². The molecule has 0 bridgehead atoms. The van der Waals surface area contributed by atoms with Crippen LogP contribution < -0.4 is 0 Å². The summed E-state index contributed by atoms with van der Waals surface area (Å²) in [6.45, 7) is 0.585. The Balaban J connectivity index is 2.35. The standard InChI is InChI=1S/C9H9NO4/c11-10(12)8-4-2-1-3-7(8)9-5-13-6-14-9/h1-4,9H,5-6H2. The number of hydrogen-bond donors (Lipinski definition) is 0. The normalized spacial score (nSPS) is 21.0. The second-order valence-electron chi connectivity index (χ2n) is 2.96. The largest absolute Gasteiger partial charge is 0.352 e. The monoisotopic (exact) mass is 195 g/mol. The molecule has 0 radical (unpaired) electrons. The Kier molecular flexibility index (Phi) is 2.43. The molecule has 74 valence electrons. The maximum absolute atomic E-state index is 10.7. The average Bonchev–Trinajstić information content (AvgIpc) is 2.70. The number of para-hydroxylation sites is 1. The fourth-order valence-corrected chi connectivity index (χ4v) is 1.44. The highest BCUT2D eigenvalue weighted by Crippen LogP contribution is 2.29. The van der Waals surface area contributed by atoms with Gasteiger partial charge in [-0.05, 0) is 6.07 Å². The van der Waals surface area contributed by atoms with Gasteiger partial charge >= 0.3 is 0 Å². The van der Waals surface area contributed by atoms with Crippen molar-refractivity contribution in [2.45, 2.75) is 6.10 Å².